The van der Waals surface area contributed by atoms with Crippen LogP contribution in [-0.2, 0) is 9.59 Å². The van der Waals surface area contributed by atoms with E-state index in [0.717, 1.165) is 19.3 Å². The summed E-state index contributed by atoms with van der Waals surface area (Å²) in [5, 5.41) is 49.2. The lowest BCUT2D eigenvalue weighted by Gasteiger charge is -2.24. The first-order valence-corrected chi connectivity index (χ1v) is 14.0. The zero-order valence-electron chi connectivity index (χ0n) is 22.0. The highest BCUT2D eigenvalue weighted by atomic mass is 16.4. The Kier molecular flexibility index (Phi) is 22.6. The number of aliphatic hydroxyl groups excluding tert-OH is 5. The maximum absolute atomic E-state index is 11.9. The molecule has 0 saturated carbocycles. The normalized spacial score (nSPS) is 14.9. The quantitative estimate of drug-likeness (QED) is 0.105. The van der Waals surface area contributed by atoms with Gasteiger partial charge in [-0.25, -0.2) is 0 Å². The summed E-state index contributed by atoms with van der Waals surface area (Å²) in [4.78, 5) is 23.7. The summed E-state index contributed by atoms with van der Waals surface area (Å²) >= 11 is 0. The maximum atomic E-state index is 11.9. The molecular weight excluding hydrogens is 450 g/mol. The van der Waals surface area contributed by atoms with Crippen LogP contribution >= 0.6 is 0 Å². The summed E-state index contributed by atoms with van der Waals surface area (Å²) < 4.78 is 0. The molecule has 0 spiro atoms. The molecule has 6 N–H and O–H groups in total. The van der Waals surface area contributed by atoms with Crippen molar-refractivity contribution >= 4 is 11.7 Å². The van der Waals surface area contributed by atoms with Crippen LogP contribution in [0, 0.1) is 0 Å². The Morgan fingerprint density at radius 2 is 1.03 bits per heavy atom. The lowest BCUT2D eigenvalue weighted by Crippen LogP contribution is -2.52. The van der Waals surface area contributed by atoms with Crippen LogP contribution in [-0.4, -0.2) is 74.8 Å². The van der Waals surface area contributed by atoms with Gasteiger partial charge in [0.1, 0.15) is 18.3 Å². The number of carbonyl (C=O) groups is 2. The number of rotatable bonds is 25. The maximum Gasteiger partial charge on any atom is 0.252 e. The second-order valence-electron chi connectivity index (χ2n) is 9.84. The van der Waals surface area contributed by atoms with Crippen molar-refractivity contribution in [2.75, 3.05) is 13.2 Å². The van der Waals surface area contributed by atoms with Gasteiger partial charge in [-0.2, -0.15) is 0 Å². The molecule has 0 bridgehead atoms. The van der Waals surface area contributed by atoms with E-state index in [4.69, 9.17) is 5.11 Å². The van der Waals surface area contributed by atoms with E-state index < -0.39 is 36.9 Å². The van der Waals surface area contributed by atoms with Crippen molar-refractivity contribution in [2.24, 2.45) is 0 Å². The number of ketones is 1. The third-order valence-electron chi connectivity index (χ3n) is 6.54. The SMILES string of the molecule is CCCCCCCCCCCCCCCCCCCC(=O)CNC(=O)[C@H](O)[C@@H](O)[C@H](O)[C@H](O)CO. The molecule has 35 heavy (non-hydrogen) atoms. The second-order valence-corrected chi connectivity index (χ2v) is 9.84. The van der Waals surface area contributed by atoms with Gasteiger partial charge in [0.15, 0.2) is 11.9 Å². The molecule has 0 fully saturated rings. The van der Waals surface area contributed by atoms with Crippen LogP contribution in [0.15, 0.2) is 0 Å². The Balaban J connectivity index is 3.54. The smallest absolute Gasteiger partial charge is 0.252 e. The topological polar surface area (TPSA) is 147 Å². The minimum atomic E-state index is -2.01. The van der Waals surface area contributed by atoms with Crippen molar-refractivity contribution in [3.8, 4) is 0 Å². The molecule has 8 nitrogen and oxygen atoms in total. The first kappa shape index (κ1) is 33.9. The Bertz CT molecular complexity index is 518. The van der Waals surface area contributed by atoms with E-state index in [1.165, 1.54) is 89.9 Å². The first-order chi connectivity index (χ1) is 16.8. The predicted molar refractivity (Wildman–Crippen MR) is 138 cm³/mol. The van der Waals surface area contributed by atoms with Crippen molar-refractivity contribution in [2.45, 2.75) is 147 Å². The third-order valence-corrected chi connectivity index (χ3v) is 6.54. The number of hydrogen-bond acceptors (Lipinski definition) is 7. The van der Waals surface area contributed by atoms with Gasteiger partial charge in [0, 0.05) is 6.42 Å². The van der Waals surface area contributed by atoms with E-state index in [1.807, 2.05) is 0 Å². The van der Waals surface area contributed by atoms with Crippen molar-refractivity contribution in [3.63, 3.8) is 0 Å². The highest BCUT2D eigenvalue weighted by Gasteiger charge is 2.34. The van der Waals surface area contributed by atoms with Gasteiger partial charge in [-0.3, -0.25) is 9.59 Å². The van der Waals surface area contributed by atoms with Crippen LogP contribution in [0.2, 0.25) is 0 Å². The standard InChI is InChI=1S/C27H53NO7/c1-2-3-4-5-6-7-8-9-10-11-12-13-14-15-16-17-18-19-22(30)20-28-27(35)26(34)25(33)24(32)23(31)21-29/h23-26,29,31-34H,2-21H2,1H3,(H,28,35)/t23-,24-,25+,26-/m1/s1. The molecule has 0 saturated heterocycles. The van der Waals surface area contributed by atoms with E-state index in [2.05, 4.69) is 12.2 Å². The Morgan fingerprint density at radius 3 is 1.43 bits per heavy atom. The number of carbonyl (C=O) groups excluding carboxylic acids is 2. The summed E-state index contributed by atoms with van der Waals surface area (Å²) in [6, 6.07) is 0. The molecule has 0 heterocycles. The fraction of sp³-hybridized carbons (Fsp3) is 0.926. The van der Waals surface area contributed by atoms with Gasteiger partial charge in [-0.05, 0) is 6.42 Å². The number of amides is 1. The fourth-order valence-electron chi connectivity index (χ4n) is 4.10. The first-order valence-electron chi connectivity index (χ1n) is 14.0. The van der Waals surface area contributed by atoms with Crippen molar-refractivity contribution in [1.82, 2.24) is 5.32 Å². The molecule has 1 amide bonds. The lowest BCUT2D eigenvalue weighted by molar-refractivity contribution is -0.149. The minimum Gasteiger partial charge on any atom is -0.394 e. The fourth-order valence-corrected chi connectivity index (χ4v) is 4.10. The van der Waals surface area contributed by atoms with Crippen LogP contribution < -0.4 is 5.32 Å². The molecule has 0 aromatic heterocycles. The van der Waals surface area contributed by atoms with E-state index in [-0.39, 0.29) is 12.3 Å². The van der Waals surface area contributed by atoms with Crippen LogP contribution in [0.4, 0.5) is 0 Å². The Morgan fingerprint density at radius 1 is 0.629 bits per heavy atom. The molecule has 0 aliphatic carbocycles. The van der Waals surface area contributed by atoms with Crippen LogP contribution in [0.3, 0.4) is 0 Å². The molecular formula is C27H53NO7. The third kappa shape index (κ3) is 18.8. The van der Waals surface area contributed by atoms with Gasteiger partial charge in [0.2, 0.25) is 0 Å². The summed E-state index contributed by atoms with van der Waals surface area (Å²) in [7, 11) is 0. The van der Waals surface area contributed by atoms with E-state index >= 15 is 0 Å². The van der Waals surface area contributed by atoms with Gasteiger partial charge in [-0.1, -0.05) is 110 Å². The number of aliphatic hydroxyl groups is 5. The van der Waals surface area contributed by atoms with Crippen molar-refractivity contribution in [1.29, 1.82) is 0 Å². The molecule has 0 aliphatic heterocycles. The number of Topliss-reactive ketones (excluding diaryl/α,β-unsaturated/α-hetero) is 1. The largest absolute Gasteiger partial charge is 0.394 e. The lowest BCUT2D eigenvalue weighted by atomic mass is 10.0. The summed E-state index contributed by atoms with van der Waals surface area (Å²) in [5.74, 6) is -1.19. The van der Waals surface area contributed by atoms with E-state index in [0.29, 0.717) is 6.42 Å². The van der Waals surface area contributed by atoms with Gasteiger partial charge < -0.3 is 30.8 Å². The van der Waals surface area contributed by atoms with Crippen LogP contribution in [0.1, 0.15) is 122 Å². The number of nitrogens with one attached hydrogen (secondary N) is 1. The van der Waals surface area contributed by atoms with Gasteiger partial charge in [-0.15, -0.1) is 0 Å². The summed E-state index contributed by atoms with van der Waals surface area (Å²) in [5.41, 5.74) is 0. The van der Waals surface area contributed by atoms with Crippen molar-refractivity contribution < 1.29 is 35.1 Å². The predicted octanol–water partition coefficient (Wildman–Crippen LogP) is 3.15. The molecule has 4 atom stereocenters. The zero-order chi connectivity index (χ0) is 26.3. The second kappa shape index (κ2) is 23.3. The average Bonchev–Trinajstić information content (AvgIpc) is 2.87. The van der Waals surface area contributed by atoms with E-state index in [9.17, 15) is 30.0 Å². The minimum absolute atomic E-state index is 0.169. The van der Waals surface area contributed by atoms with Crippen LogP contribution in [0.25, 0.3) is 0 Å². The number of hydrogen-bond donors (Lipinski definition) is 6. The molecule has 0 unspecified atom stereocenters. The molecule has 0 radical (unpaired) electrons. The highest BCUT2D eigenvalue weighted by Crippen LogP contribution is 2.14. The molecule has 0 aliphatic rings. The Labute approximate surface area is 212 Å². The molecule has 8 heteroatoms. The zero-order valence-corrected chi connectivity index (χ0v) is 22.0. The highest BCUT2D eigenvalue weighted by molar-refractivity contribution is 5.88. The average molecular weight is 504 g/mol. The summed E-state index contributed by atoms with van der Waals surface area (Å²) in [6.45, 7) is 1.16. The number of unbranched alkanes of at least 4 members (excludes halogenated alkanes) is 16. The van der Waals surface area contributed by atoms with Gasteiger partial charge in [0.05, 0.1) is 13.2 Å². The van der Waals surface area contributed by atoms with Crippen LogP contribution in [0.5, 0.6) is 0 Å². The summed E-state index contributed by atoms with van der Waals surface area (Å²) in [6.07, 6.45) is 14.3. The molecule has 208 valence electrons. The van der Waals surface area contributed by atoms with E-state index in [1.54, 1.807) is 0 Å². The van der Waals surface area contributed by atoms with Gasteiger partial charge in [0.25, 0.3) is 5.91 Å². The van der Waals surface area contributed by atoms with Crippen molar-refractivity contribution in [3.05, 3.63) is 0 Å². The Hall–Kier alpha value is -1.06. The monoisotopic (exact) mass is 503 g/mol. The molecule has 0 aromatic carbocycles. The molecule has 0 aromatic rings. The molecule has 0 rings (SSSR count). The van der Waals surface area contributed by atoms with Gasteiger partial charge >= 0.3 is 0 Å².